The molecule has 0 saturated carbocycles. The fourth-order valence-corrected chi connectivity index (χ4v) is 4.08. The van der Waals surface area contributed by atoms with Crippen LogP contribution in [-0.4, -0.2) is 36.7 Å². The van der Waals surface area contributed by atoms with E-state index in [-0.39, 0.29) is 21.7 Å². The number of nitrogens with one attached hydrogen (secondary N) is 1. The van der Waals surface area contributed by atoms with Crippen molar-refractivity contribution in [2.45, 2.75) is 24.2 Å². The van der Waals surface area contributed by atoms with Crippen LogP contribution in [0.25, 0.3) is 0 Å². The second-order valence-corrected chi connectivity index (χ2v) is 7.71. The Bertz CT molecular complexity index is 827. The van der Waals surface area contributed by atoms with E-state index in [9.17, 15) is 13.2 Å². The highest BCUT2D eigenvalue weighted by molar-refractivity contribution is 7.89. The van der Waals surface area contributed by atoms with Crippen molar-refractivity contribution in [2.24, 2.45) is 0 Å². The van der Waals surface area contributed by atoms with Gasteiger partial charge in [0.15, 0.2) is 11.0 Å². The van der Waals surface area contributed by atoms with Gasteiger partial charge in [-0.3, -0.25) is 4.79 Å². The maximum absolute atomic E-state index is 12.5. The molecule has 1 fully saturated rings. The Labute approximate surface area is 144 Å². The van der Waals surface area contributed by atoms with E-state index in [1.807, 2.05) is 0 Å². The molecule has 1 aliphatic rings. The van der Waals surface area contributed by atoms with E-state index >= 15 is 0 Å². The molecule has 1 aliphatic heterocycles. The summed E-state index contributed by atoms with van der Waals surface area (Å²) >= 11 is 5.62. The molecule has 0 bridgehead atoms. The van der Waals surface area contributed by atoms with Gasteiger partial charge in [-0.05, 0) is 48.7 Å². The molecule has 2 aromatic heterocycles. The number of carbonyl (C=O) groups excluding carboxylic acids is 1. The predicted octanol–water partition coefficient (Wildman–Crippen LogP) is 2.75. The van der Waals surface area contributed by atoms with E-state index < -0.39 is 15.9 Å². The van der Waals surface area contributed by atoms with Gasteiger partial charge in [-0.2, -0.15) is 4.31 Å². The zero-order valence-electron chi connectivity index (χ0n) is 12.7. The van der Waals surface area contributed by atoms with Gasteiger partial charge in [0.1, 0.15) is 10.7 Å². The highest BCUT2D eigenvalue weighted by Gasteiger charge is 2.26. The number of halogens is 1. The molecule has 0 radical (unpaired) electrons. The third-order valence-corrected chi connectivity index (χ3v) is 5.81. The number of aromatic nitrogens is 1. The van der Waals surface area contributed by atoms with Crippen molar-refractivity contribution in [3.8, 4) is 0 Å². The number of hydrogen-bond donors (Lipinski definition) is 1. The third-order valence-electron chi connectivity index (χ3n) is 3.73. The van der Waals surface area contributed by atoms with Gasteiger partial charge in [-0.15, -0.1) is 0 Å². The minimum Gasteiger partial charge on any atom is -0.440 e. The van der Waals surface area contributed by atoms with E-state index in [0.717, 1.165) is 19.3 Å². The average molecular weight is 370 g/mol. The monoisotopic (exact) mass is 369 g/mol. The van der Waals surface area contributed by atoms with Gasteiger partial charge in [-0.1, -0.05) is 6.42 Å². The zero-order chi connectivity index (χ0) is 17.2. The summed E-state index contributed by atoms with van der Waals surface area (Å²) in [5, 5.41) is 2.63. The fourth-order valence-electron chi connectivity index (χ4n) is 2.48. The summed E-state index contributed by atoms with van der Waals surface area (Å²) in [6.07, 6.45) is 4.03. The number of amides is 1. The number of piperidine rings is 1. The lowest BCUT2D eigenvalue weighted by molar-refractivity contribution is 0.0996. The number of sulfonamides is 1. The van der Waals surface area contributed by atoms with E-state index in [2.05, 4.69) is 10.3 Å². The standard InChI is InChI=1S/C15H16ClN3O4S/c16-13-6-5-12(23-13)15(20)18-14-7-4-11(10-17-14)24(21,22)19-8-2-1-3-9-19/h4-7,10H,1-3,8-9H2,(H,17,18,20). The number of pyridine rings is 1. The average Bonchev–Trinajstić information content (AvgIpc) is 3.03. The highest BCUT2D eigenvalue weighted by Crippen LogP contribution is 2.21. The molecular weight excluding hydrogens is 354 g/mol. The summed E-state index contributed by atoms with van der Waals surface area (Å²) < 4.78 is 31.5. The molecule has 0 unspecified atom stereocenters. The zero-order valence-corrected chi connectivity index (χ0v) is 14.3. The lowest BCUT2D eigenvalue weighted by Gasteiger charge is -2.25. The van der Waals surface area contributed by atoms with Crippen LogP contribution in [0.5, 0.6) is 0 Å². The van der Waals surface area contributed by atoms with Crippen molar-refractivity contribution in [1.29, 1.82) is 0 Å². The summed E-state index contributed by atoms with van der Waals surface area (Å²) in [7, 11) is -3.53. The first-order valence-electron chi connectivity index (χ1n) is 7.50. The van der Waals surface area contributed by atoms with Crippen molar-refractivity contribution in [2.75, 3.05) is 18.4 Å². The van der Waals surface area contributed by atoms with Gasteiger partial charge in [0.05, 0.1) is 0 Å². The van der Waals surface area contributed by atoms with Crippen LogP contribution >= 0.6 is 11.6 Å². The highest BCUT2D eigenvalue weighted by atomic mass is 35.5. The smallest absolute Gasteiger partial charge is 0.292 e. The summed E-state index contributed by atoms with van der Waals surface area (Å²) in [6.45, 7) is 1.06. The molecule has 24 heavy (non-hydrogen) atoms. The summed E-state index contributed by atoms with van der Waals surface area (Å²) in [5.41, 5.74) is 0. The van der Waals surface area contributed by atoms with Crippen molar-refractivity contribution in [3.05, 3.63) is 41.4 Å². The normalized spacial score (nSPS) is 16.0. The molecule has 1 N–H and O–H groups in total. The summed E-state index contributed by atoms with van der Waals surface area (Å²) in [4.78, 5) is 16.0. The molecule has 3 heterocycles. The van der Waals surface area contributed by atoms with Crippen LogP contribution in [0.1, 0.15) is 29.8 Å². The number of anilines is 1. The van der Waals surface area contributed by atoms with E-state index in [1.165, 1.54) is 34.8 Å². The summed E-state index contributed by atoms with van der Waals surface area (Å²) in [6, 6.07) is 5.77. The quantitative estimate of drug-likeness (QED) is 0.894. The van der Waals surface area contributed by atoms with Gasteiger partial charge in [-0.25, -0.2) is 13.4 Å². The van der Waals surface area contributed by atoms with E-state index in [0.29, 0.717) is 13.1 Å². The van der Waals surface area contributed by atoms with Gasteiger partial charge in [0.2, 0.25) is 10.0 Å². The minimum atomic E-state index is -3.53. The SMILES string of the molecule is O=C(Nc1ccc(S(=O)(=O)N2CCCCC2)cn1)c1ccc(Cl)o1. The van der Waals surface area contributed by atoms with Crippen LogP contribution in [0, 0.1) is 0 Å². The molecule has 0 spiro atoms. The Morgan fingerprint density at radius 1 is 1.17 bits per heavy atom. The van der Waals surface area contributed by atoms with Crippen LogP contribution in [0.3, 0.4) is 0 Å². The van der Waals surface area contributed by atoms with Gasteiger partial charge in [0, 0.05) is 19.3 Å². The Morgan fingerprint density at radius 3 is 2.50 bits per heavy atom. The van der Waals surface area contributed by atoms with Gasteiger partial charge in [0.25, 0.3) is 5.91 Å². The van der Waals surface area contributed by atoms with Gasteiger partial charge >= 0.3 is 0 Å². The van der Waals surface area contributed by atoms with Crippen molar-refractivity contribution in [3.63, 3.8) is 0 Å². The molecule has 0 aromatic carbocycles. The molecular formula is C15H16ClN3O4S. The largest absolute Gasteiger partial charge is 0.440 e. The molecule has 128 valence electrons. The van der Waals surface area contributed by atoms with E-state index in [1.54, 1.807) is 0 Å². The maximum Gasteiger partial charge on any atom is 0.292 e. The minimum absolute atomic E-state index is 0.0480. The molecule has 2 aromatic rings. The molecule has 0 aliphatic carbocycles. The van der Waals surface area contributed by atoms with Crippen LogP contribution < -0.4 is 5.32 Å². The Kier molecular flexibility index (Phi) is 4.88. The third kappa shape index (κ3) is 3.61. The molecule has 1 amide bonds. The lowest BCUT2D eigenvalue weighted by atomic mass is 10.2. The topological polar surface area (TPSA) is 92.5 Å². The van der Waals surface area contributed by atoms with Crippen LogP contribution in [0.4, 0.5) is 5.82 Å². The first-order valence-corrected chi connectivity index (χ1v) is 9.31. The predicted molar refractivity (Wildman–Crippen MR) is 88.5 cm³/mol. The Morgan fingerprint density at radius 2 is 1.92 bits per heavy atom. The van der Waals surface area contributed by atoms with Crippen molar-refractivity contribution >= 4 is 33.3 Å². The number of carbonyl (C=O) groups is 1. The maximum atomic E-state index is 12.5. The number of nitrogens with zero attached hydrogens (tertiary/aromatic N) is 2. The van der Waals surface area contributed by atoms with Crippen LogP contribution in [0.15, 0.2) is 39.8 Å². The second-order valence-electron chi connectivity index (χ2n) is 5.40. The second kappa shape index (κ2) is 6.92. The van der Waals surface area contributed by atoms with Crippen LogP contribution in [0.2, 0.25) is 5.22 Å². The number of furan rings is 1. The molecule has 1 saturated heterocycles. The van der Waals surface area contributed by atoms with Crippen molar-refractivity contribution in [1.82, 2.24) is 9.29 Å². The van der Waals surface area contributed by atoms with Crippen molar-refractivity contribution < 1.29 is 17.6 Å². The first-order chi connectivity index (χ1) is 11.5. The Balaban J connectivity index is 1.72. The summed E-state index contributed by atoms with van der Waals surface area (Å²) in [5.74, 6) is -0.238. The lowest BCUT2D eigenvalue weighted by Crippen LogP contribution is -2.35. The number of hydrogen-bond acceptors (Lipinski definition) is 5. The fraction of sp³-hybridized carbons (Fsp3) is 0.333. The molecule has 7 nitrogen and oxygen atoms in total. The first kappa shape index (κ1) is 16.9. The van der Waals surface area contributed by atoms with E-state index in [4.69, 9.17) is 16.0 Å². The molecule has 9 heteroatoms. The van der Waals surface area contributed by atoms with Crippen LogP contribution in [-0.2, 0) is 10.0 Å². The molecule has 0 atom stereocenters. The Hall–Kier alpha value is -1.90. The molecule has 3 rings (SSSR count). The van der Waals surface area contributed by atoms with Gasteiger partial charge < -0.3 is 9.73 Å². The number of rotatable bonds is 4.